The lowest BCUT2D eigenvalue weighted by Crippen LogP contribution is -2.47. The van der Waals surface area contributed by atoms with E-state index in [9.17, 15) is 13.2 Å². The van der Waals surface area contributed by atoms with Crippen molar-refractivity contribution in [3.63, 3.8) is 0 Å². The van der Waals surface area contributed by atoms with Gasteiger partial charge in [-0.2, -0.15) is 0 Å². The molecule has 0 unspecified atom stereocenters. The van der Waals surface area contributed by atoms with E-state index in [4.69, 9.17) is 32.7 Å². The third-order valence-corrected chi connectivity index (χ3v) is 9.96. The maximum Gasteiger partial charge on any atom is 0.231 e. The number of halogens is 2. The molecule has 0 aromatic heterocycles. The minimum atomic E-state index is -3.25. The van der Waals surface area contributed by atoms with Crippen LogP contribution in [0.3, 0.4) is 0 Å². The first kappa shape index (κ1) is 29.4. The molecule has 12 heteroatoms. The zero-order valence-corrected chi connectivity index (χ0v) is 25.1. The van der Waals surface area contributed by atoms with Crippen LogP contribution in [0.25, 0.3) is 0 Å². The Morgan fingerprint density at radius 1 is 0.925 bits per heavy atom. The lowest BCUT2D eigenvalue weighted by molar-refractivity contribution is -0.123. The van der Waals surface area contributed by atoms with Crippen molar-refractivity contribution in [2.24, 2.45) is 5.92 Å². The molecule has 3 aliphatic rings. The molecule has 0 N–H and O–H groups in total. The van der Waals surface area contributed by atoms with Gasteiger partial charge in [0.1, 0.15) is 0 Å². The molecule has 0 aliphatic carbocycles. The summed E-state index contributed by atoms with van der Waals surface area (Å²) in [5.41, 5.74) is 1.94. The molecule has 2 aromatic rings. The Labute approximate surface area is 246 Å². The fraction of sp³-hybridized carbons (Fsp3) is 0.536. The molecule has 9 nitrogen and oxygen atoms in total. The van der Waals surface area contributed by atoms with Crippen LogP contribution in [0.15, 0.2) is 36.4 Å². The molecule has 2 saturated heterocycles. The molecule has 3 heterocycles. The van der Waals surface area contributed by atoms with Crippen LogP contribution in [0.5, 0.6) is 11.5 Å². The predicted molar refractivity (Wildman–Crippen MR) is 157 cm³/mol. The van der Waals surface area contributed by atoms with Gasteiger partial charge in [0.15, 0.2) is 11.5 Å². The van der Waals surface area contributed by atoms with Crippen molar-refractivity contribution in [2.75, 3.05) is 70.3 Å². The SMILES string of the molecule is CS(=O)(=O)N1CCC(C(=O)N(CCCN2CCN(Cc3ccc4c(c3)OCO4)CC2)c2ccc(Cl)c(Cl)c2)CC1. The molecule has 1 amide bonds. The number of anilines is 1. The molecule has 40 heavy (non-hydrogen) atoms. The number of fused-ring (bicyclic) bond motifs is 1. The summed E-state index contributed by atoms with van der Waals surface area (Å²) < 4.78 is 36.2. The van der Waals surface area contributed by atoms with Gasteiger partial charge in [0.05, 0.1) is 16.3 Å². The van der Waals surface area contributed by atoms with Gasteiger partial charge in [-0.05, 0) is 61.7 Å². The molecule has 218 valence electrons. The molecular formula is C28H36Cl2N4O5S. The summed E-state index contributed by atoms with van der Waals surface area (Å²) in [6.45, 7) is 7.21. The van der Waals surface area contributed by atoms with Crippen LogP contribution in [0, 0.1) is 5.92 Å². The number of piperazine rings is 1. The largest absolute Gasteiger partial charge is 0.454 e. The molecule has 0 atom stereocenters. The van der Waals surface area contributed by atoms with Crippen molar-refractivity contribution >= 4 is 44.8 Å². The summed E-state index contributed by atoms with van der Waals surface area (Å²) in [5.74, 6) is 1.41. The van der Waals surface area contributed by atoms with Gasteiger partial charge in [-0.15, -0.1) is 0 Å². The quantitative estimate of drug-likeness (QED) is 0.425. The Kier molecular flexibility index (Phi) is 9.44. The average Bonchev–Trinajstić information content (AvgIpc) is 3.41. The van der Waals surface area contributed by atoms with Gasteiger partial charge in [-0.1, -0.05) is 29.3 Å². The third-order valence-electron chi connectivity index (χ3n) is 7.92. The van der Waals surface area contributed by atoms with Crippen LogP contribution in [0.1, 0.15) is 24.8 Å². The first-order chi connectivity index (χ1) is 19.2. The van der Waals surface area contributed by atoms with Gasteiger partial charge in [-0.3, -0.25) is 9.69 Å². The summed E-state index contributed by atoms with van der Waals surface area (Å²) in [7, 11) is -3.25. The number of carbonyl (C=O) groups excluding carboxylic acids is 1. The molecule has 0 bridgehead atoms. The van der Waals surface area contributed by atoms with Crippen molar-refractivity contribution < 1.29 is 22.7 Å². The van der Waals surface area contributed by atoms with Gasteiger partial charge in [0, 0.05) is 64.0 Å². The van der Waals surface area contributed by atoms with E-state index < -0.39 is 10.0 Å². The zero-order valence-electron chi connectivity index (χ0n) is 22.7. The average molecular weight is 612 g/mol. The predicted octanol–water partition coefficient (Wildman–Crippen LogP) is 3.93. The first-order valence-electron chi connectivity index (χ1n) is 13.7. The molecular weight excluding hydrogens is 575 g/mol. The Morgan fingerprint density at radius 3 is 2.33 bits per heavy atom. The van der Waals surface area contributed by atoms with E-state index in [-0.39, 0.29) is 18.6 Å². The summed E-state index contributed by atoms with van der Waals surface area (Å²) in [5, 5.41) is 0.848. The number of carbonyl (C=O) groups is 1. The minimum absolute atomic E-state index is 0.0140. The van der Waals surface area contributed by atoms with Gasteiger partial charge >= 0.3 is 0 Å². The summed E-state index contributed by atoms with van der Waals surface area (Å²) >= 11 is 12.4. The molecule has 0 spiro atoms. The van der Waals surface area contributed by atoms with Crippen LogP contribution in [-0.2, 0) is 21.4 Å². The second kappa shape index (κ2) is 12.8. The van der Waals surface area contributed by atoms with E-state index in [0.717, 1.165) is 62.9 Å². The van der Waals surface area contributed by atoms with E-state index in [1.165, 1.54) is 16.1 Å². The second-order valence-corrected chi connectivity index (χ2v) is 13.5. The lowest BCUT2D eigenvalue weighted by Gasteiger charge is -2.36. The number of nitrogens with zero attached hydrogens (tertiary/aromatic N) is 4. The maximum absolute atomic E-state index is 13.7. The van der Waals surface area contributed by atoms with E-state index in [0.29, 0.717) is 42.5 Å². The highest BCUT2D eigenvalue weighted by Crippen LogP contribution is 2.33. The smallest absolute Gasteiger partial charge is 0.231 e. The summed E-state index contributed by atoms with van der Waals surface area (Å²) in [6.07, 6.45) is 3.05. The van der Waals surface area contributed by atoms with Gasteiger partial charge in [0.25, 0.3) is 0 Å². The van der Waals surface area contributed by atoms with Crippen molar-refractivity contribution in [3.8, 4) is 11.5 Å². The van der Waals surface area contributed by atoms with Crippen molar-refractivity contribution in [2.45, 2.75) is 25.8 Å². The fourth-order valence-electron chi connectivity index (χ4n) is 5.60. The van der Waals surface area contributed by atoms with Crippen molar-refractivity contribution in [1.29, 1.82) is 0 Å². The Hall–Kier alpha value is -2.08. The molecule has 5 rings (SSSR count). The Bertz CT molecular complexity index is 1310. The Balaban J connectivity index is 1.14. The number of benzene rings is 2. The van der Waals surface area contributed by atoms with Crippen molar-refractivity contribution in [1.82, 2.24) is 14.1 Å². The van der Waals surface area contributed by atoms with Crippen LogP contribution in [-0.4, -0.2) is 93.8 Å². The van der Waals surface area contributed by atoms with Crippen LogP contribution >= 0.6 is 23.2 Å². The van der Waals surface area contributed by atoms with Gasteiger partial charge in [0.2, 0.25) is 22.7 Å². The number of piperidine rings is 1. The van der Waals surface area contributed by atoms with E-state index in [1.54, 1.807) is 17.0 Å². The zero-order chi connectivity index (χ0) is 28.3. The monoisotopic (exact) mass is 610 g/mol. The highest BCUT2D eigenvalue weighted by atomic mass is 35.5. The molecule has 2 aromatic carbocycles. The lowest BCUT2D eigenvalue weighted by atomic mass is 9.96. The highest BCUT2D eigenvalue weighted by molar-refractivity contribution is 7.88. The van der Waals surface area contributed by atoms with Crippen LogP contribution in [0.2, 0.25) is 10.0 Å². The van der Waals surface area contributed by atoms with Crippen molar-refractivity contribution in [3.05, 3.63) is 52.0 Å². The van der Waals surface area contributed by atoms with E-state index in [1.807, 2.05) is 12.1 Å². The van der Waals surface area contributed by atoms with Crippen LogP contribution < -0.4 is 14.4 Å². The fourth-order valence-corrected chi connectivity index (χ4v) is 6.76. The Morgan fingerprint density at radius 2 is 1.62 bits per heavy atom. The van der Waals surface area contributed by atoms with E-state index >= 15 is 0 Å². The standard InChI is InChI=1S/C28H36Cl2N4O5S/c1-40(36,37)33-11-7-22(8-12-33)28(35)34(23-4-5-24(29)25(30)18-23)10-2-9-31-13-15-32(16-14-31)19-21-3-6-26-27(17-21)39-20-38-26/h3-6,17-18,22H,2,7-16,19-20H2,1H3. The van der Waals surface area contributed by atoms with Gasteiger partial charge < -0.3 is 19.3 Å². The molecule has 0 saturated carbocycles. The number of ether oxygens (including phenoxy) is 2. The molecule has 0 radical (unpaired) electrons. The minimum Gasteiger partial charge on any atom is -0.454 e. The highest BCUT2D eigenvalue weighted by Gasteiger charge is 2.32. The second-order valence-electron chi connectivity index (χ2n) is 10.7. The van der Waals surface area contributed by atoms with E-state index in [2.05, 4.69) is 21.9 Å². The number of hydrogen-bond donors (Lipinski definition) is 0. The number of rotatable bonds is 9. The van der Waals surface area contributed by atoms with Crippen LogP contribution in [0.4, 0.5) is 5.69 Å². The molecule has 2 fully saturated rings. The first-order valence-corrected chi connectivity index (χ1v) is 16.3. The normalized spacial score (nSPS) is 19.2. The summed E-state index contributed by atoms with van der Waals surface area (Å²) in [4.78, 5) is 20.4. The molecule has 3 aliphatic heterocycles. The number of amides is 1. The van der Waals surface area contributed by atoms with Gasteiger partial charge in [-0.25, -0.2) is 12.7 Å². The number of sulfonamides is 1. The number of hydrogen-bond acceptors (Lipinski definition) is 7. The summed E-state index contributed by atoms with van der Waals surface area (Å²) in [6, 6.07) is 11.4. The third kappa shape index (κ3) is 7.21. The maximum atomic E-state index is 13.7. The topological polar surface area (TPSA) is 82.6 Å².